The second kappa shape index (κ2) is 7.39. The van der Waals surface area contributed by atoms with E-state index in [0.717, 1.165) is 0 Å². The molecule has 0 aliphatic rings. The van der Waals surface area contributed by atoms with Gasteiger partial charge in [-0.05, 0) is 0 Å². The van der Waals surface area contributed by atoms with Crippen molar-refractivity contribution >= 4 is 42.0 Å². The number of phosphoric acid groups is 1. The first-order chi connectivity index (χ1) is 7.66. The number of imidazole rings is 1. The summed E-state index contributed by atoms with van der Waals surface area (Å²) in [4.78, 5) is 66.6. The van der Waals surface area contributed by atoms with Crippen LogP contribution in [0.25, 0.3) is 11.2 Å². The van der Waals surface area contributed by atoms with Gasteiger partial charge in [-0.15, -0.1) is 0 Å². The number of rotatable bonds is 0. The van der Waals surface area contributed by atoms with Gasteiger partial charge < -0.3 is 25.4 Å². The van der Waals surface area contributed by atoms with Crippen LogP contribution in [0.2, 0.25) is 0 Å². The fourth-order valence-electron chi connectivity index (χ4n) is 0.958. The van der Waals surface area contributed by atoms with Gasteiger partial charge in [-0.25, -0.2) is 9.59 Å². The van der Waals surface area contributed by atoms with Crippen LogP contribution in [0.15, 0.2) is 14.4 Å². The molecule has 0 aromatic carbocycles. The zero-order chi connectivity index (χ0) is 13.2. The van der Waals surface area contributed by atoms with Crippen molar-refractivity contribution < 1.29 is 19.2 Å². The summed E-state index contributed by atoms with van der Waals surface area (Å²) in [6.07, 6.45) is 0. The number of nitrogens with one attached hydrogen (secondary N) is 4. The van der Waals surface area contributed by atoms with Crippen molar-refractivity contribution in [2.45, 2.75) is 0 Å². The molecule has 19 heavy (non-hydrogen) atoms. The molecule has 2 aromatic rings. The Kier molecular flexibility index (Phi) is 7.83. The van der Waals surface area contributed by atoms with Gasteiger partial charge >= 0.3 is 34.4 Å². The number of quaternary nitrogens is 1. The number of fused-ring (bicyclic) bond motifs is 1. The SMILES string of the molecule is O=P([O-])([O-])[O-].O=c1[nH]c(=O)c2[nH]c(=O)[nH]c2[nH]1.[Mg+2].[NH4+]. The summed E-state index contributed by atoms with van der Waals surface area (Å²) >= 11 is 0. The van der Waals surface area contributed by atoms with Gasteiger partial charge in [0.1, 0.15) is 11.2 Å². The Labute approximate surface area is 119 Å². The fraction of sp³-hybridized carbons (Fsp3) is 0. The maximum Gasteiger partial charge on any atom is 2.00 e. The third-order valence-corrected chi connectivity index (χ3v) is 1.42. The predicted molar refractivity (Wildman–Crippen MR) is 59.5 cm³/mol. The first kappa shape index (κ1) is 20.1. The summed E-state index contributed by atoms with van der Waals surface area (Å²) < 4.78 is 8.55. The fourth-order valence-corrected chi connectivity index (χ4v) is 0.958. The summed E-state index contributed by atoms with van der Waals surface area (Å²) in [7, 11) is -5.39. The molecule has 14 heteroatoms. The molecule has 12 nitrogen and oxygen atoms in total. The molecule has 2 rings (SSSR count). The van der Waals surface area contributed by atoms with E-state index in [-0.39, 0.29) is 40.4 Å². The molecule has 2 aromatic heterocycles. The summed E-state index contributed by atoms with van der Waals surface area (Å²) in [6, 6.07) is 0. The minimum atomic E-state index is -5.39. The largest absolute Gasteiger partial charge is 2.00 e. The van der Waals surface area contributed by atoms with Crippen molar-refractivity contribution in [3.8, 4) is 0 Å². The van der Waals surface area contributed by atoms with Crippen molar-refractivity contribution in [2.24, 2.45) is 0 Å². The van der Waals surface area contributed by atoms with Gasteiger partial charge in [-0.1, -0.05) is 0 Å². The standard InChI is InChI=1S/C5H4N4O3.Mg.H3N.H3O4P/c10-3-1-2(7-4(11)6-1)8-5(12)9-3;;;1-5(2,3)4/h(H4,6,7,8,9,10,11,12);;1H3;(H3,1,2,3,4)/q;+2;;/p-2. The molecule has 0 saturated carbocycles. The van der Waals surface area contributed by atoms with E-state index in [1.165, 1.54) is 0 Å². The molecule has 0 unspecified atom stereocenters. The molecule has 0 aliphatic carbocycles. The quantitative estimate of drug-likeness (QED) is 0.235. The molecule has 0 spiro atoms. The Balaban J connectivity index is 0. The van der Waals surface area contributed by atoms with Crippen LogP contribution in [-0.4, -0.2) is 43.0 Å². The van der Waals surface area contributed by atoms with Crippen LogP contribution in [-0.2, 0) is 4.57 Å². The maximum atomic E-state index is 10.9. The average Bonchev–Trinajstić information content (AvgIpc) is 2.42. The van der Waals surface area contributed by atoms with E-state index >= 15 is 0 Å². The molecule has 0 aliphatic heterocycles. The summed E-state index contributed by atoms with van der Waals surface area (Å²) in [5, 5.41) is 0. The first-order valence-corrected chi connectivity index (χ1v) is 5.30. The van der Waals surface area contributed by atoms with Gasteiger partial charge in [0.25, 0.3) is 5.56 Å². The van der Waals surface area contributed by atoms with Crippen LogP contribution >= 0.6 is 7.82 Å². The molecule has 0 atom stereocenters. The Morgan fingerprint density at radius 3 is 1.63 bits per heavy atom. The molecule has 2 heterocycles. The Bertz CT molecular complexity index is 728. The van der Waals surface area contributed by atoms with Gasteiger partial charge in [0, 0.05) is 0 Å². The van der Waals surface area contributed by atoms with Gasteiger partial charge in [-0.2, -0.15) is 7.82 Å². The molecule has 0 saturated heterocycles. The van der Waals surface area contributed by atoms with Crippen LogP contribution in [0, 0.1) is 0 Å². The molecular formula is C5H8MgN5O7P. The predicted octanol–water partition coefficient (Wildman–Crippen LogP) is -4.60. The van der Waals surface area contributed by atoms with E-state index in [1.807, 2.05) is 4.98 Å². The zero-order valence-electron chi connectivity index (χ0n) is 9.51. The van der Waals surface area contributed by atoms with Gasteiger partial charge in [0.15, 0.2) is 0 Å². The van der Waals surface area contributed by atoms with Crippen LogP contribution in [0.1, 0.15) is 0 Å². The van der Waals surface area contributed by atoms with Gasteiger partial charge in [0.05, 0.1) is 0 Å². The maximum absolute atomic E-state index is 10.9. The van der Waals surface area contributed by atoms with Gasteiger partial charge in [0.2, 0.25) is 0 Å². The number of aromatic nitrogens is 4. The minimum absolute atomic E-state index is 0. The van der Waals surface area contributed by atoms with Crippen LogP contribution in [0.3, 0.4) is 0 Å². The van der Waals surface area contributed by atoms with E-state index in [4.69, 9.17) is 19.2 Å². The van der Waals surface area contributed by atoms with Crippen molar-refractivity contribution in [1.82, 2.24) is 26.1 Å². The number of H-pyrrole nitrogens is 4. The Morgan fingerprint density at radius 1 is 0.842 bits per heavy atom. The van der Waals surface area contributed by atoms with Crippen molar-refractivity contribution in [3.63, 3.8) is 0 Å². The molecule has 0 amide bonds. The van der Waals surface area contributed by atoms with E-state index in [1.54, 1.807) is 0 Å². The van der Waals surface area contributed by atoms with E-state index in [0.29, 0.717) is 0 Å². The molecule has 0 fully saturated rings. The van der Waals surface area contributed by atoms with Crippen LogP contribution in [0.5, 0.6) is 0 Å². The number of hydrogen-bond donors (Lipinski definition) is 5. The number of aromatic amines is 4. The molecular weight excluding hydrogens is 297 g/mol. The second-order valence-electron chi connectivity index (χ2n) is 2.68. The normalized spacial score (nSPS) is 9.84. The van der Waals surface area contributed by atoms with E-state index in [2.05, 4.69) is 15.0 Å². The molecule has 0 radical (unpaired) electrons. The molecule has 8 N–H and O–H groups in total. The van der Waals surface area contributed by atoms with Crippen molar-refractivity contribution in [2.75, 3.05) is 0 Å². The van der Waals surface area contributed by atoms with Crippen molar-refractivity contribution in [3.05, 3.63) is 31.3 Å². The summed E-state index contributed by atoms with van der Waals surface area (Å²) in [6.45, 7) is 0. The van der Waals surface area contributed by atoms with Crippen LogP contribution in [0.4, 0.5) is 0 Å². The van der Waals surface area contributed by atoms with Crippen LogP contribution < -0.4 is 37.8 Å². The Morgan fingerprint density at radius 2 is 1.21 bits per heavy atom. The molecule has 0 bridgehead atoms. The van der Waals surface area contributed by atoms with Crippen molar-refractivity contribution in [1.29, 1.82) is 0 Å². The summed E-state index contributed by atoms with van der Waals surface area (Å²) in [5.74, 6) is 0. The van der Waals surface area contributed by atoms with E-state index < -0.39 is 24.8 Å². The average molecular weight is 305 g/mol. The zero-order valence-corrected chi connectivity index (χ0v) is 11.8. The molecule has 102 valence electrons. The summed E-state index contributed by atoms with van der Waals surface area (Å²) in [5.41, 5.74) is -1.65. The first-order valence-electron chi connectivity index (χ1n) is 3.84. The van der Waals surface area contributed by atoms with E-state index in [9.17, 15) is 14.4 Å². The number of hydrogen-bond acceptors (Lipinski definition) is 7. The minimum Gasteiger partial charge on any atom is -0.822 e. The third-order valence-electron chi connectivity index (χ3n) is 1.42. The smallest absolute Gasteiger partial charge is 0.822 e. The van der Waals surface area contributed by atoms with Gasteiger partial charge in [-0.3, -0.25) is 24.7 Å². The third kappa shape index (κ3) is 7.07. The Hall–Kier alpha value is -1.21. The topological polar surface area (TPSA) is 237 Å². The monoisotopic (exact) mass is 305 g/mol. The second-order valence-corrected chi connectivity index (χ2v) is 3.58.